The van der Waals surface area contributed by atoms with E-state index in [9.17, 15) is 14.3 Å². The average molecular weight is 278 g/mol. The molecular formula is C15H19FN2O2. The number of hydrogen-bond acceptors (Lipinski definition) is 3. The van der Waals surface area contributed by atoms with Gasteiger partial charge in [-0.25, -0.2) is 4.39 Å². The third-order valence-electron chi connectivity index (χ3n) is 4.63. The van der Waals surface area contributed by atoms with Gasteiger partial charge in [-0.3, -0.25) is 4.79 Å². The Hall–Kier alpha value is -1.62. The molecule has 20 heavy (non-hydrogen) atoms. The molecule has 0 spiro atoms. The van der Waals surface area contributed by atoms with Crippen LogP contribution < -0.4 is 5.73 Å². The van der Waals surface area contributed by atoms with E-state index in [2.05, 4.69) is 0 Å². The summed E-state index contributed by atoms with van der Waals surface area (Å²) in [4.78, 5) is 14.2. The Morgan fingerprint density at radius 1 is 1.35 bits per heavy atom. The maximum Gasteiger partial charge on any atom is 0.257 e. The summed E-state index contributed by atoms with van der Waals surface area (Å²) < 4.78 is 13.0. The Bertz CT molecular complexity index is 535. The molecule has 3 atom stereocenters. The van der Waals surface area contributed by atoms with E-state index in [0.29, 0.717) is 24.9 Å². The molecule has 4 nitrogen and oxygen atoms in total. The smallest absolute Gasteiger partial charge is 0.257 e. The minimum atomic E-state index is -0.545. The van der Waals surface area contributed by atoms with Crippen molar-refractivity contribution < 1.29 is 14.3 Å². The monoisotopic (exact) mass is 278 g/mol. The van der Waals surface area contributed by atoms with Gasteiger partial charge in [0.05, 0.1) is 5.56 Å². The number of phenolic OH excluding ortho intramolecular Hbond substituents is 1. The van der Waals surface area contributed by atoms with Crippen LogP contribution in [0.3, 0.4) is 0 Å². The van der Waals surface area contributed by atoms with Crippen molar-refractivity contribution in [2.24, 2.45) is 17.6 Å². The number of fused-ring (bicyclic) bond motifs is 1. The standard InChI is InChI=1S/C15H19FN2O2/c16-10-4-5-11(14(19)6-10)15(20)18-7-9-2-1-3-13(17)12(9)8-18/h4-6,9,12-13,19H,1-3,7-8,17H2. The topological polar surface area (TPSA) is 66.6 Å². The van der Waals surface area contributed by atoms with Crippen LogP contribution in [0.4, 0.5) is 4.39 Å². The second-order valence-electron chi connectivity index (χ2n) is 5.89. The predicted molar refractivity (Wildman–Crippen MR) is 72.8 cm³/mol. The fourth-order valence-electron chi connectivity index (χ4n) is 3.54. The number of nitrogens with two attached hydrogens (primary N) is 1. The van der Waals surface area contributed by atoms with Crippen LogP contribution in [0.2, 0.25) is 0 Å². The number of carbonyl (C=O) groups is 1. The molecule has 1 saturated carbocycles. The molecule has 0 aromatic heterocycles. The van der Waals surface area contributed by atoms with Crippen LogP contribution in [0.15, 0.2) is 18.2 Å². The summed E-state index contributed by atoms with van der Waals surface area (Å²) in [6.07, 6.45) is 3.24. The number of benzene rings is 1. The molecule has 1 aromatic rings. The van der Waals surface area contributed by atoms with E-state index in [4.69, 9.17) is 5.73 Å². The maximum atomic E-state index is 13.0. The third-order valence-corrected chi connectivity index (χ3v) is 4.63. The fraction of sp³-hybridized carbons (Fsp3) is 0.533. The number of hydrogen-bond donors (Lipinski definition) is 2. The van der Waals surface area contributed by atoms with Gasteiger partial charge in [-0.2, -0.15) is 0 Å². The first-order valence-electron chi connectivity index (χ1n) is 7.09. The Labute approximate surface area is 117 Å². The molecule has 1 aliphatic heterocycles. The molecule has 0 bridgehead atoms. The van der Waals surface area contributed by atoms with Crippen LogP contribution in [0.5, 0.6) is 5.75 Å². The van der Waals surface area contributed by atoms with Crippen LogP contribution in [0.25, 0.3) is 0 Å². The first kappa shape index (κ1) is 13.4. The summed E-state index contributed by atoms with van der Waals surface area (Å²) in [6, 6.07) is 3.67. The van der Waals surface area contributed by atoms with Crippen molar-refractivity contribution in [2.75, 3.05) is 13.1 Å². The van der Waals surface area contributed by atoms with Crippen LogP contribution >= 0.6 is 0 Å². The van der Waals surface area contributed by atoms with Crippen molar-refractivity contribution >= 4 is 5.91 Å². The SMILES string of the molecule is NC1CCCC2CN(C(=O)c3ccc(F)cc3O)CC12. The molecule has 3 rings (SSSR count). The zero-order chi connectivity index (χ0) is 14.3. The van der Waals surface area contributed by atoms with Gasteiger partial charge in [-0.05, 0) is 36.8 Å². The normalized spacial score (nSPS) is 29.3. The zero-order valence-electron chi connectivity index (χ0n) is 11.3. The summed E-state index contributed by atoms with van der Waals surface area (Å²) >= 11 is 0. The summed E-state index contributed by atoms with van der Waals surface area (Å²) in [5, 5.41) is 9.72. The number of aromatic hydroxyl groups is 1. The third kappa shape index (κ3) is 2.26. The fourth-order valence-corrected chi connectivity index (χ4v) is 3.54. The van der Waals surface area contributed by atoms with E-state index in [1.165, 1.54) is 12.1 Å². The van der Waals surface area contributed by atoms with Gasteiger partial charge in [0.1, 0.15) is 11.6 Å². The van der Waals surface area contributed by atoms with E-state index in [1.807, 2.05) is 0 Å². The van der Waals surface area contributed by atoms with Crippen molar-refractivity contribution in [2.45, 2.75) is 25.3 Å². The minimum Gasteiger partial charge on any atom is -0.507 e. The Kier molecular flexibility index (Phi) is 3.38. The lowest BCUT2D eigenvalue weighted by Crippen LogP contribution is -2.38. The predicted octanol–water partition coefficient (Wildman–Crippen LogP) is 1.73. The molecule has 0 radical (unpaired) electrons. The summed E-state index contributed by atoms with van der Waals surface area (Å²) in [5.74, 6) is -0.255. The molecule has 2 aliphatic rings. The molecule has 2 fully saturated rings. The molecule has 1 aromatic carbocycles. The number of carbonyl (C=O) groups excluding carboxylic acids is 1. The first-order chi connectivity index (χ1) is 9.56. The number of phenols is 1. The summed E-state index contributed by atoms with van der Waals surface area (Å²) in [5.41, 5.74) is 6.30. The molecule has 1 aliphatic carbocycles. The van der Waals surface area contributed by atoms with Crippen LogP contribution in [0.1, 0.15) is 29.6 Å². The zero-order valence-corrected chi connectivity index (χ0v) is 11.3. The van der Waals surface area contributed by atoms with Crippen molar-refractivity contribution in [1.82, 2.24) is 4.90 Å². The highest BCUT2D eigenvalue weighted by molar-refractivity contribution is 5.97. The summed E-state index contributed by atoms with van der Waals surface area (Å²) in [7, 11) is 0. The number of nitrogens with zero attached hydrogens (tertiary/aromatic N) is 1. The number of likely N-dealkylation sites (tertiary alicyclic amines) is 1. The molecule has 1 heterocycles. The van der Waals surface area contributed by atoms with Crippen LogP contribution in [0, 0.1) is 17.7 Å². The van der Waals surface area contributed by atoms with Gasteiger partial charge in [-0.15, -0.1) is 0 Å². The molecule has 1 saturated heterocycles. The van der Waals surface area contributed by atoms with Gasteiger partial charge in [0.2, 0.25) is 0 Å². The van der Waals surface area contributed by atoms with Gasteiger partial charge in [0.15, 0.2) is 0 Å². The second-order valence-corrected chi connectivity index (χ2v) is 5.89. The van der Waals surface area contributed by atoms with Gasteiger partial charge in [0, 0.05) is 25.2 Å². The van der Waals surface area contributed by atoms with Gasteiger partial charge < -0.3 is 15.7 Å². The van der Waals surface area contributed by atoms with Crippen molar-refractivity contribution in [3.63, 3.8) is 0 Å². The largest absolute Gasteiger partial charge is 0.507 e. The van der Waals surface area contributed by atoms with Gasteiger partial charge in [-0.1, -0.05) is 6.42 Å². The van der Waals surface area contributed by atoms with E-state index in [-0.39, 0.29) is 23.3 Å². The average Bonchev–Trinajstić information content (AvgIpc) is 2.83. The molecule has 108 valence electrons. The molecular weight excluding hydrogens is 259 g/mol. The highest BCUT2D eigenvalue weighted by atomic mass is 19.1. The number of halogens is 1. The van der Waals surface area contributed by atoms with Crippen molar-refractivity contribution in [1.29, 1.82) is 0 Å². The van der Waals surface area contributed by atoms with Gasteiger partial charge in [0.25, 0.3) is 5.91 Å². The lowest BCUT2D eigenvalue weighted by molar-refractivity contribution is 0.0780. The first-order valence-corrected chi connectivity index (χ1v) is 7.09. The number of amides is 1. The Morgan fingerprint density at radius 2 is 2.15 bits per heavy atom. The van der Waals surface area contributed by atoms with Crippen molar-refractivity contribution in [3.8, 4) is 5.75 Å². The lowest BCUT2D eigenvalue weighted by atomic mass is 9.78. The quantitative estimate of drug-likeness (QED) is 0.822. The number of rotatable bonds is 1. The van der Waals surface area contributed by atoms with E-state index in [1.54, 1.807) is 4.90 Å². The minimum absolute atomic E-state index is 0.161. The molecule has 3 N–H and O–H groups in total. The summed E-state index contributed by atoms with van der Waals surface area (Å²) in [6.45, 7) is 1.33. The van der Waals surface area contributed by atoms with Gasteiger partial charge >= 0.3 is 0 Å². The Balaban J connectivity index is 1.78. The lowest BCUT2D eigenvalue weighted by Gasteiger charge is -2.29. The molecule has 5 heteroatoms. The van der Waals surface area contributed by atoms with E-state index < -0.39 is 5.82 Å². The highest BCUT2D eigenvalue weighted by Crippen LogP contribution is 2.36. The second kappa shape index (κ2) is 5.05. The highest BCUT2D eigenvalue weighted by Gasteiger charge is 2.40. The van der Waals surface area contributed by atoms with E-state index in [0.717, 1.165) is 25.3 Å². The molecule has 1 amide bonds. The van der Waals surface area contributed by atoms with Crippen LogP contribution in [-0.4, -0.2) is 35.0 Å². The van der Waals surface area contributed by atoms with Crippen molar-refractivity contribution in [3.05, 3.63) is 29.6 Å². The maximum absolute atomic E-state index is 13.0. The Morgan fingerprint density at radius 3 is 2.85 bits per heavy atom. The molecule has 3 unspecified atom stereocenters. The van der Waals surface area contributed by atoms with Crippen LogP contribution in [-0.2, 0) is 0 Å². The van der Waals surface area contributed by atoms with E-state index >= 15 is 0 Å².